The summed E-state index contributed by atoms with van der Waals surface area (Å²) in [5.41, 5.74) is 1.24. The highest BCUT2D eigenvalue weighted by Crippen LogP contribution is 2.41. The van der Waals surface area contributed by atoms with Crippen LogP contribution in [-0.4, -0.2) is 24.0 Å². The SMILES string of the molecule is CC1CCN(C(=O)NC(c2ccccc2)C2CC2)CC1. The molecule has 0 bridgehead atoms. The molecule has 2 aliphatic rings. The van der Waals surface area contributed by atoms with Gasteiger partial charge in [-0.3, -0.25) is 0 Å². The quantitative estimate of drug-likeness (QED) is 0.896. The third-order valence-corrected chi connectivity index (χ3v) is 4.60. The van der Waals surface area contributed by atoms with Crippen LogP contribution < -0.4 is 5.32 Å². The third-order valence-electron chi connectivity index (χ3n) is 4.60. The number of carbonyl (C=O) groups is 1. The molecule has 20 heavy (non-hydrogen) atoms. The number of nitrogens with one attached hydrogen (secondary N) is 1. The maximum Gasteiger partial charge on any atom is 0.317 e. The molecule has 1 unspecified atom stereocenters. The molecule has 2 amide bonds. The molecule has 0 radical (unpaired) electrons. The number of hydrogen-bond donors (Lipinski definition) is 1. The van der Waals surface area contributed by atoms with E-state index in [0.29, 0.717) is 5.92 Å². The number of hydrogen-bond acceptors (Lipinski definition) is 1. The molecule has 1 aromatic carbocycles. The minimum Gasteiger partial charge on any atom is -0.331 e. The summed E-state index contributed by atoms with van der Waals surface area (Å²) in [6.45, 7) is 4.07. The van der Waals surface area contributed by atoms with Crippen molar-refractivity contribution in [3.8, 4) is 0 Å². The molecule has 1 atom stereocenters. The molecule has 0 spiro atoms. The smallest absolute Gasteiger partial charge is 0.317 e. The second kappa shape index (κ2) is 5.86. The highest BCUT2D eigenvalue weighted by Gasteiger charge is 2.34. The normalized spacial score (nSPS) is 21.6. The van der Waals surface area contributed by atoms with E-state index in [9.17, 15) is 4.79 Å². The molecular weight excluding hydrogens is 248 g/mol. The lowest BCUT2D eigenvalue weighted by atomic mass is 9.99. The molecule has 1 aliphatic heterocycles. The van der Waals surface area contributed by atoms with Gasteiger partial charge in [-0.15, -0.1) is 0 Å². The van der Waals surface area contributed by atoms with Crippen molar-refractivity contribution in [2.45, 2.75) is 38.6 Å². The summed E-state index contributed by atoms with van der Waals surface area (Å²) in [6, 6.07) is 10.7. The van der Waals surface area contributed by atoms with E-state index < -0.39 is 0 Å². The summed E-state index contributed by atoms with van der Waals surface area (Å²) in [6.07, 6.45) is 4.73. The lowest BCUT2D eigenvalue weighted by molar-refractivity contribution is 0.169. The molecule has 0 aromatic heterocycles. The van der Waals surface area contributed by atoms with E-state index in [1.54, 1.807) is 0 Å². The summed E-state index contributed by atoms with van der Waals surface area (Å²) in [4.78, 5) is 14.4. The number of carbonyl (C=O) groups excluding carboxylic acids is 1. The van der Waals surface area contributed by atoms with Crippen molar-refractivity contribution in [3.63, 3.8) is 0 Å². The largest absolute Gasteiger partial charge is 0.331 e. The summed E-state index contributed by atoms with van der Waals surface area (Å²) < 4.78 is 0. The zero-order chi connectivity index (χ0) is 13.9. The maximum atomic E-state index is 12.4. The van der Waals surface area contributed by atoms with Crippen LogP contribution in [0.4, 0.5) is 4.79 Å². The van der Waals surface area contributed by atoms with Crippen LogP contribution in [0.3, 0.4) is 0 Å². The minimum atomic E-state index is 0.123. The van der Waals surface area contributed by atoms with E-state index in [0.717, 1.165) is 31.8 Å². The summed E-state index contributed by atoms with van der Waals surface area (Å²) in [7, 11) is 0. The van der Waals surface area contributed by atoms with Crippen LogP contribution in [0, 0.1) is 11.8 Å². The first kappa shape index (κ1) is 13.5. The third kappa shape index (κ3) is 3.14. The molecular formula is C17H24N2O. The maximum absolute atomic E-state index is 12.4. The Morgan fingerprint density at radius 3 is 2.40 bits per heavy atom. The Kier molecular flexibility index (Phi) is 3.95. The minimum absolute atomic E-state index is 0.123. The molecule has 3 heteroatoms. The van der Waals surface area contributed by atoms with Crippen molar-refractivity contribution in [1.29, 1.82) is 0 Å². The van der Waals surface area contributed by atoms with E-state index in [2.05, 4.69) is 36.5 Å². The molecule has 108 valence electrons. The van der Waals surface area contributed by atoms with Crippen molar-refractivity contribution in [2.24, 2.45) is 11.8 Å². The van der Waals surface area contributed by atoms with Gasteiger partial charge in [0.05, 0.1) is 6.04 Å². The van der Waals surface area contributed by atoms with Gasteiger partial charge in [0, 0.05) is 13.1 Å². The molecule has 1 N–H and O–H groups in total. The average Bonchev–Trinajstić information content (AvgIpc) is 3.31. The van der Waals surface area contributed by atoms with E-state index in [1.807, 2.05) is 11.0 Å². The van der Waals surface area contributed by atoms with Crippen LogP contribution in [0.2, 0.25) is 0 Å². The van der Waals surface area contributed by atoms with E-state index in [4.69, 9.17) is 0 Å². The van der Waals surface area contributed by atoms with Crippen molar-refractivity contribution < 1.29 is 4.79 Å². The van der Waals surface area contributed by atoms with Crippen molar-refractivity contribution in [1.82, 2.24) is 10.2 Å². The van der Waals surface area contributed by atoms with Gasteiger partial charge in [0.25, 0.3) is 0 Å². The van der Waals surface area contributed by atoms with Gasteiger partial charge in [-0.2, -0.15) is 0 Å². The number of nitrogens with zero attached hydrogens (tertiary/aromatic N) is 1. The summed E-state index contributed by atoms with van der Waals surface area (Å²) in [5, 5.41) is 3.27. The highest BCUT2D eigenvalue weighted by molar-refractivity contribution is 5.75. The molecule has 1 aromatic rings. The number of piperidine rings is 1. The van der Waals surface area contributed by atoms with Crippen LogP contribution in [0.25, 0.3) is 0 Å². The standard InChI is InChI=1S/C17H24N2O/c1-13-9-11-19(12-10-13)17(20)18-16(15-7-8-15)14-5-3-2-4-6-14/h2-6,13,15-16H,7-12H2,1H3,(H,18,20). The van der Waals surface area contributed by atoms with E-state index >= 15 is 0 Å². The van der Waals surface area contributed by atoms with Gasteiger partial charge in [0.1, 0.15) is 0 Å². The number of benzene rings is 1. The van der Waals surface area contributed by atoms with Gasteiger partial charge in [-0.25, -0.2) is 4.79 Å². The monoisotopic (exact) mass is 272 g/mol. The Hall–Kier alpha value is -1.51. The molecule has 3 nitrogen and oxygen atoms in total. The number of amides is 2. The van der Waals surface area contributed by atoms with Crippen LogP contribution in [0.5, 0.6) is 0 Å². The second-order valence-electron chi connectivity index (χ2n) is 6.34. The lowest BCUT2D eigenvalue weighted by Crippen LogP contribution is -2.45. The molecule has 2 fully saturated rings. The van der Waals surface area contributed by atoms with Crippen LogP contribution >= 0.6 is 0 Å². The van der Waals surface area contributed by atoms with Crippen LogP contribution in [-0.2, 0) is 0 Å². The first-order valence-corrected chi connectivity index (χ1v) is 7.84. The Morgan fingerprint density at radius 1 is 1.15 bits per heavy atom. The Balaban J connectivity index is 1.63. The topological polar surface area (TPSA) is 32.3 Å². The van der Waals surface area contributed by atoms with Crippen molar-refractivity contribution in [3.05, 3.63) is 35.9 Å². The van der Waals surface area contributed by atoms with Crippen molar-refractivity contribution >= 4 is 6.03 Å². The fourth-order valence-electron chi connectivity index (χ4n) is 3.00. The predicted molar refractivity (Wildman–Crippen MR) is 80.4 cm³/mol. The van der Waals surface area contributed by atoms with E-state index in [-0.39, 0.29) is 12.1 Å². The van der Waals surface area contributed by atoms with Gasteiger partial charge in [-0.1, -0.05) is 37.3 Å². The number of rotatable bonds is 3. The fraction of sp³-hybridized carbons (Fsp3) is 0.588. The van der Waals surface area contributed by atoms with Gasteiger partial charge < -0.3 is 10.2 Å². The van der Waals surface area contributed by atoms with Gasteiger partial charge in [0.2, 0.25) is 0 Å². The number of likely N-dealkylation sites (tertiary alicyclic amines) is 1. The van der Waals surface area contributed by atoms with Gasteiger partial charge in [0.15, 0.2) is 0 Å². The molecule has 1 saturated carbocycles. The lowest BCUT2D eigenvalue weighted by Gasteiger charge is -2.32. The zero-order valence-corrected chi connectivity index (χ0v) is 12.2. The highest BCUT2D eigenvalue weighted by atomic mass is 16.2. The fourth-order valence-corrected chi connectivity index (χ4v) is 3.00. The predicted octanol–water partition coefficient (Wildman–Crippen LogP) is 3.58. The molecule has 1 aliphatic carbocycles. The van der Waals surface area contributed by atoms with Crippen LogP contribution in [0.15, 0.2) is 30.3 Å². The molecule has 3 rings (SSSR count). The van der Waals surface area contributed by atoms with Crippen LogP contribution in [0.1, 0.15) is 44.2 Å². The van der Waals surface area contributed by atoms with Gasteiger partial charge in [-0.05, 0) is 43.1 Å². The zero-order valence-electron chi connectivity index (χ0n) is 12.2. The first-order chi connectivity index (χ1) is 9.74. The van der Waals surface area contributed by atoms with Gasteiger partial charge >= 0.3 is 6.03 Å². The Bertz CT molecular complexity index is 447. The van der Waals surface area contributed by atoms with Crippen molar-refractivity contribution in [2.75, 3.05) is 13.1 Å². The Morgan fingerprint density at radius 2 is 1.80 bits per heavy atom. The summed E-state index contributed by atoms with van der Waals surface area (Å²) in [5.74, 6) is 1.39. The summed E-state index contributed by atoms with van der Waals surface area (Å²) >= 11 is 0. The van der Waals surface area contributed by atoms with E-state index in [1.165, 1.54) is 18.4 Å². The molecule has 1 heterocycles. The number of urea groups is 1. The second-order valence-corrected chi connectivity index (χ2v) is 6.34. The first-order valence-electron chi connectivity index (χ1n) is 7.84. The molecule has 1 saturated heterocycles. The average molecular weight is 272 g/mol. The Labute approximate surface area is 121 Å².